The van der Waals surface area contributed by atoms with Gasteiger partial charge in [0.1, 0.15) is 5.78 Å². The van der Waals surface area contributed by atoms with E-state index in [1.165, 1.54) is 13.0 Å². The standard InChI is InChI=1S/C10H7F2IO2/c1-5(14)2-9(15)7-3-6(13)4-8(11)10(7)12/h3-4H,2H2,1H3. The van der Waals surface area contributed by atoms with Crippen molar-refractivity contribution in [1.29, 1.82) is 0 Å². The Labute approximate surface area is 98.8 Å². The molecule has 0 saturated carbocycles. The minimum Gasteiger partial charge on any atom is -0.300 e. The molecule has 0 radical (unpaired) electrons. The lowest BCUT2D eigenvalue weighted by Gasteiger charge is -2.02. The summed E-state index contributed by atoms with van der Waals surface area (Å²) in [5, 5.41) is 0. The van der Waals surface area contributed by atoms with Crippen LogP contribution in [0.15, 0.2) is 12.1 Å². The molecule has 15 heavy (non-hydrogen) atoms. The Morgan fingerprint density at radius 1 is 1.33 bits per heavy atom. The molecule has 0 saturated heterocycles. The van der Waals surface area contributed by atoms with Crippen LogP contribution in [0.5, 0.6) is 0 Å². The van der Waals surface area contributed by atoms with Crippen molar-refractivity contribution in [2.24, 2.45) is 0 Å². The third kappa shape index (κ3) is 3.05. The second-order valence-corrected chi connectivity index (χ2v) is 4.30. The summed E-state index contributed by atoms with van der Waals surface area (Å²) < 4.78 is 26.5. The predicted molar refractivity (Wildman–Crippen MR) is 58.7 cm³/mol. The summed E-state index contributed by atoms with van der Waals surface area (Å²) in [6, 6.07) is 2.21. The Morgan fingerprint density at radius 2 is 1.93 bits per heavy atom. The highest BCUT2D eigenvalue weighted by atomic mass is 127. The average molecular weight is 324 g/mol. The number of halogens is 3. The van der Waals surface area contributed by atoms with Gasteiger partial charge in [0.15, 0.2) is 17.4 Å². The smallest absolute Gasteiger partial charge is 0.173 e. The third-order valence-corrected chi connectivity index (χ3v) is 2.33. The van der Waals surface area contributed by atoms with Crippen molar-refractivity contribution in [3.05, 3.63) is 32.9 Å². The largest absolute Gasteiger partial charge is 0.300 e. The van der Waals surface area contributed by atoms with Gasteiger partial charge in [0.25, 0.3) is 0 Å². The van der Waals surface area contributed by atoms with E-state index >= 15 is 0 Å². The number of hydrogen-bond acceptors (Lipinski definition) is 2. The van der Waals surface area contributed by atoms with Gasteiger partial charge in [0.2, 0.25) is 0 Å². The lowest BCUT2D eigenvalue weighted by atomic mass is 10.1. The molecule has 0 aromatic heterocycles. The Balaban J connectivity index is 3.13. The van der Waals surface area contributed by atoms with Crippen LogP contribution in [0.2, 0.25) is 0 Å². The summed E-state index contributed by atoms with van der Waals surface area (Å²) >= 11 is 1.77. The molecule has 0 aliphatic carbocycles. The van der Waals surface area contributed by atoms with Gasteiger partial charge in [0, 0.05) is 3.57 Å². The SMILES string of the molecule is CC(=O)CC(=O)c1cc(I)cc(F)c1F. The minimum absolute atomic E-state index is 0.366. The second kappa shape index (κ2) is 4.78. The Bertz CT molecular complexity index is 430. The van der Waals surface area contributed by atoms with Gasteiger partial charge in [-0.1, -0.05) is 0 Å². The summed E-state index contributed by atoms with van der Waals surface area (Å²) in [5.41, 5.74) is -0.366. The van der Waals surface area contributed by atoms with Crippen molar-refractivity contribution < 1.29 is 18.4 Å². The van der Waals surface area contributed by atoms with Gasteiger partial charge in [-0.25, -0.2) is 8.78 Å². The molecule has 0 unspecified atom stereocenters. The summed E-state index contributed by atoms with van der Waals surface area (Å²) in [5.74, 6) is -3.34. The first-order chi connectivity index (χ1) is 6.91. The van der Waals surface area contributed by atoms with E-state index in [-0.39, 0.29) is 11.3 Å². The Kier molecular flexibility index (Phi) is 3.90. The topological polar surface area (TPSA) is 34.1 Å². The molecule has 1 rings (SSSR count). The first-order valence-electron chi connectivity index (χ1n) is 4.09. The number of rotatable bonds is 3. The van der Waals surface area contributed by atoms with Crippen LogP contribution in [-0.4, -0.2) is 11.6 Å². The average Bonchev–Trinajstić information content (AvgIpc) is 2.09. The molecule has 2 nitrogen and oxygen atoms in total. The minimum atomic E-state index is -1.19. The van der Waals surface area contributed by atoms with Crippen molar-refractivity contribution in [3.63, 3.8) is 0 Å². The van der Waals surface area contributed by atoms with E-state index in [0.717, 1.165) is 6.07 Å². The van der Waals surface area contributed by atoms with Crippen LogP contribution in [0.25, 0.3) is 0 Å². The van der Waals surface area contributed by atoms with Gasteiger partial charge in [-0.05, 0) is 41.6 Å². The summed E-state index contributed by atoms with van der Waals surface area (Å²) in [7, 11) is 0. The normalized spacial score (nSPS) is 10.1. The molecule has 0 aliphatic heterocycles. The molecule has 1 aromatic carbocycles. The molecule has 0 fully saturated rings. The van der Waals surface area contributed by atoms with E-state index < -0.39 is 23.8 Å². The molecule has 0 bridgehead atoms. The Hall–Kier alpha value is -0.850. The Morgan fingerprint density at radius 3 is 2.47 bits per heavy atom. The van der Waals surface area contributed by atoms with Crippen LogP contribution in [0.4, 0.5) is 8.78 Å². The summed E-state index contributed by atoms with van der Waals surface area (Å²) in [6.07, 6.45) is -0.406. The molecular weight excluding hydrogens is 317 g/mol. The van der Waals surface area contributed by atoms with Gasteiger partial charge in [0.05, 0.1) is 12.0 Å². The number of ketones is 2. The lowest BCUT2D eigenvalue weighted by molar-refractivity contribution is -0.116. The fraction of sp³-hybridized carbons (Fsp3) is 0.200. The highest BCUT2D eigenvalue weighted by Crippen LogP contribution is 2.18. The maximum atomic E-state index is 13.2. The summed E-state index contributed by atoms with van der Waals surface area (Å²) in [6.45, 7) is 1.22. The maximum Gasteiger partial charge on any atom is 0.173 e. The molecule has 0 atom stereocenters. The number of Topliss-reactive ketones (excluding diaryl/α,β-unsaturated/α-hetero) is 2. The van der Waals surface area contributed by atoms with Gasteiger partial charge >= 0.3 is 0 Å². The van der Waals surface area contributed by atoms with Crippen LogP contribution in [0, 0.1) is 15.2 Å². The molecule has 1 aromatic rings. The number of carbonyl (C=O) groups is 2. The van der Waals surface area contributed by atoms with Gasteiger partial charge < -0.3 is 0 Å². The first kappa shape index (κ1) is 12.2. The number of hydrogen-bond donors (Lipinski definition) is 0. The maximum absolute atomic E-state index is 13.2. The van der Waals surface area contributed by atoms with Crippen molar-refractivity contribution >= 4 is 34.2 Å². The van der Waals surface area contributed by atoms with Gasteiger partial charge in [-0.3, -0.25) is 9.59 Å². The predicted octanol–water partition coefficient (Wildman–Crippen LogP) is 2.73. The zero-order valence-corrected chi connectivity index (χ0v) is 9.97. The van der Waals surface area contributed by atoms with Crippen molar-refractivity contribution in [1.82, 2.24) is 0 Å². The van der Waals surface area contributed by atoms with Crippen molar-refractivity contribution in [2.45, 2.75) is 13.3 Å². The third-order valence-electron chi connectivity index (χ3n) is 1.70. The molecule has 5 heteroatoms. The molecule has 0 heterocycles. The molecule has 0 spiro atoms. The highest BCUT2D eigenvalue weighted by molar-refractivity contribution is 14.1. The monoisotopic (exact) mass is 324 g/mol. The zero-order valence-electron chi connectivity index (χ0n) is 7.81. The molecule has 0 N–H and O–H groups in total. The van der Waals surface area contributed by atoms with E-state index in [9.17, 15) is 18.4 Å². The summed E-state index contributed by atoms with van der Waals surface area (Å²) in [4.78, 5) is 22.0. The van der Waals surface area contributed by atoms with E-state index in [2.05, 4.69) is 0 Å². The number of carbonyl (C=O) groups excluding carboxylic acids is 2. The molecule has 0 aliphatic rings. The molecule has 0 amide bonds. The lowest BCUT2D eigenvalue weighted by Crippen LogP contribution is -2.09. The number of benzene rings is 1. The quantitative estimate of drug-likeness (QED) is 0.371. The fourth-order valence-electron chi connectivity index (χ4n) is 1.08. The highest BCUT2D eigenvalue weighted by Gasteiger charge is 2.17. The second-order valence-electron chi connectivity index (χ2n) is 3.05. The van der Waals surface area contributed by atoms with Crippen molar-refractivity contribution in [2.75, 3.05) is 0 Å². The van der Waals surface area contributed by atoms with Crippen LogP contribution in [-0.2, 0) is 4.79 Å². The first-order valence-corrected chi connectivity index (χ1v) is 5.17. The van der Waals surface area contributed by atoms with Gasteiger partial charge in [-0.15, -0.1) is 0 Å². The van der Waals surface area contributed by atoms with Crippen LogP contribution in [0.3, 0.4) is 0 Å². The van der Waals surface area contributed by atoms with E-state index in [1.807, 2.05) is 0 Å². The zero-order chi connectivity index (χ0) is 11.6. The molecular formula is C10H7F2IO2. The van der Waals surface area contributed by atoms with Crippen LogP contribution < -0.4 is 0 Å². The van der Waals surface area contributed by atoms with Gasteiger partial charge in [-0.2, -0.15) is 0 Å². The van der Waals surface area contributed by atoms with E-state index in [0.29, 0.717) is 3.57 Å². The fourth-order valence-corrected chi connectivity index (χ4v) is 1.67. The van der Waals surface area contributed by atoms with E-state index in [4.69, 9.17) is 0 Å². The molecule has 80 valence electrons. The van der Waals surface area contributed by atoms with Crippen molar-refractivity contribution in [3.8, 4) is 0 Å². The van der Waals surface area contributed by atoms with Crippen LogP contribution >= 0.6 is 22.6 Å². The van der Waals surface area contributed by atoms with E-state index in [1.54, 1.807) is 22.6 Å². The van der Waals surface area contributed by atoms with Crippen LogP contribution in [0.1, 0.15) is 23.7 Å².